The Bertz CT molecular complexity index is 388. The molecule has 0 heterocycles. The van der Waals surface area contributed by atoms with Gasteiger partial charge in [-0.1, -0.05) is 0 Å². The lowest BCUT2D eigenvalue weighted by molar-refractivity contribution is 0.0994. The minimum absolute atomic E-state index is 0.299. The Morgan fingerprint density at radius 2 is 1.86 bits per heavy atom. The first-order valence-corrected chi connectivity index (χ1v) is 4.96. The number of carbonyl (C=O) groups is 1. The molecule has 2 rings (SSSR count). The van der Waals surface area contributed by atoms with Crippen molar-refractivity contribution in [3.8, 4) is 0 Å². The molecular weight excluding hydrogens is 174 g/mol. The summed E-state index contributed by atoms with van der Waals surface area (Å²) in [6.45, 7) is 0. The van der Waals surface area contributed by atoms with E-state index in [4.69, 9.17) is 0 Å². The van der Waals surface area contributed by atoms with Crippen molar-refractivity contribution in [1.82, 2.24) is 4.48 Å². The minimum atomic E-state index is 0.299. The van der Waals surface area contributed by atoms with Crippen LogP contribution >= 0.6 is 0 Å². The Morgan fingerprint density at radius 3 is 2.50 bits per heavy atom. The number of benzene rings is 1. The molecule has 1 aromatic rings. The van der Waals surface area contributed by atoms with Crippen LogP contribution in [0.25, 0.3) is 0 Å². The van der Waals surface area contributed by atoms with Crippen LogP contribution in [0.1, 0.15) is 22.3 Å². The van der Waals surface area contributed by atoms with Crippen LogP contribution in [-0.4, -0.2) is 26.9 Å². The van der Waals surface area contributed by atoms with Crippen LogP contribution in [-0.2, 0) is 6.42 Å². The van der Waals surface area contributed by atoms with Gasteiger partial charge < -0.3 is 0 Å². The first kappa shape index (κ1) is 9.41. The van der Waals surface area contributed by atoms with Crippen molar-refractivity contribution >= 4 is 11.5 Å². The summed E-state index contributed by atoms with van der Waals surface area (Å²) in [5.74, 6) is 0.299. The zero-order valence-corrected chi connectivity index (χ0v) is 9.00. The highest BCUT2D eigenvalue weighted by atomic mass is 16.1. The number of Topliss-reactive ketones (excluding diaryl/α,β-unsaturated/α-hetero) is 1. The van der Waals surface area contributed by atoms with Gasteiger partial charge in [0.25, 0.3) is 0 Å². The summed E-state index contributed by atoms with van der Waals surface area (Å²) in [5.41, 5.74) is 3.42. The Kier molecular flexibility index (Phi) is 1.96. The lowest BCUT2D eigenvalue weighted by Crippen LogP contribution is -2.34. The largest absolute Gasteiger partial charge is 0.298 e. The van der Waals surface area contributed by atoms with Crippen LogP contribution < -0.4 is 4.48 Å². The molecule has 1 aliphatic carbocycles. The molecule has 0 spiro atoms. The number of rotatable bonds is 1. The van der Waals surface area contributed by atoms with Crippen molar-refractivity contribution in [2.75, 3.05) is 21.1 Å². The van der Waals surface area contributed by atoms with Crippen molar-refractivity contribution in [3.05, 3.63) is 29.3 Å². The van der Waals surface area contributed by atoms with Gasteiger partial charge in [-0.05, 0) is 24.1 Å². The molecule has 1 aliphatic rings. The summed E-state index contributed by atoms with van der Waals surface area (Å²) >= 11 is 0. The molecule has 1 aromatic carbocycles. The Morgan fingerprint density at radius 1 is 1.14 bits per heavy atom. The van der Waals surface area contributed by atoms with Crippen LogP contribution in [0.3, 0.4) is 0 Å². The van der Waals surface area contributed by atoms with Gasteiger partial charge in [-0.2, -0.15) is 0 Å². The second-order valence-corrected chi connectivity index (χ2v) is 4.78. The van der Waals surface area contributed by atoms with Crippen molar-refractivity contribution in [3.63, 3.8) is 0 Å². The summed E-state index contributed by atoms with van der Waals surface area (Å²) in [4.78, 5) is 11.4. The van der Waals surface area contributed by atoms with E-state index < -0.39 is 0 Å². The van der Waals surface area contributed by atoms with E-state index in [0.29, 0.717) is 12.2 Å². The van der Waals surface area contributed by atoms with Crippen LogP contribution in [0.5, 0.6) is 0 Å². The third kappa shape index (κ3) is 1.46. The van der Waals surface area contributed by atoms with E-state index in [9.17, 15) is 4.79 Å². The molecule has 0 bridgehead atoms. The van der Waals surface area contributed by atoms with E-state index in [1.54, 1.807) is 0 Å². The van der Waals surface area contributed by atoms with E-state index in [1.165, 1.54) is 11.3 Å². The van der Waals surface area contributed by atoms with E-state index in [2.05, 4.69) is 33.3 Å². The van der Waals surface area contributed by atoms with Gasteiger partial charge in [-0.15, -0.1) is 0 Å². The number of ketones is 1. The van der Waals surface area contributed by atoms with E-state index in [-0.39, 0.29) is 0 Å². The van der Waals surface area contributed by atoms with Gasteiger partial charge in [0, 0.05) is 18.1 Å². The topological polar surface area (TPSA) is 17.1 Å². The first-order chi connectivity index (χ1) is 6.48. The highest BCUT2D eigenvalue weighted by molar-refractivity contribution is 6.00. The summed E-state index contributed by atoms with van der Waals surface area (Å²) in [7, 11) is 6.41. The third-order valence-electron chi connectivity index (χ3n) is 2.79. The molecule has 0 fully saturated rings. The van der Waals surface area contributed by atoms with Crippen molar-refractivity contribution in [2.45, 2.75) is 12.8 Å². The predicted molar refractivity (Wildman–Crippen MR) is 58.7 cm³/mol. The number of carbonyl (C=O) groups excluding carboxylic acids is 1. The highest BCUT2D eigenvalue weighted by Crippen LogP contribution is 2.27. The van der Waals surface area contributed by atoms with Gasteiger partial charge in [0.15, 0.2) is 5.78 Å². The molecular formula is C12H16NO+. The van der Waals surface area contributed by atoms with Gasteiger partial charge in [0.05, 0.1) is 21.1 Å². The maximum Gasteiger partial charge on any atom is 0.163 e. The lowest BCUT2D eigenvalue weighted by atomic mass is 10.1. The number of hydrogen-bond donors (Lipinski definition) is 0. The number of fused-ring (bicyclic) bond motifs is 1. The fourth-order valence-corrected chi connectivity index (χ4v) is 1.86. The number of nitrogens with zero attached hydrogens (tertiary/aromatic N) is 1. The van der Waals surface area contributed by atoms with E-state index in [1.807, 2.05) is 6.07 Å². The molecule has 14 heavy (non-hydrogen) atoms. The lowest BCUT2D eigenvalue weighted by Gasteiger charge is -2.23. The van der Waals surface area contributed by atoms with Gasteiger partial charge in [-0.25, -0.2) is 0 Å². The van der Waals surface area contributed by atoms with Crippen LogP contribution in [0, 0.1) is 0 Å². The second-order valence-electron chi connectivity index (χ2n) is 4.78. The van der Waals surface area contributed by atoms with Crippen LogP contribution in [0.2, 0.25) is 0 Å². The molecule has 2 heteroatoms. The molecule has 0 atom stereocenters. The molecule has 0 saturated heterocycles. The fraction of sp³-hybridized carbons (Fsp3) is 0.417. The molecule has 0 unspecified atom stereocenters. The smallest absolute Gasteiger partial charge is 0.163 e. The summed E-state index contributed by atoms with van der Waals surface area (Å²) < 4.78 is 0.807. The third-order valence-corrected chi connectivity index (χ3v) is 2.79. The minimum Gasteiger partial charge on any atom is -0.298 e. The summed E-state index contributed by atoms with van der Waals surface area (Å²) in [6, 6.07) is 6.20. The molecule has 2 nitrogen and oxygen atoms in total. The fourth-order valence-electron chi connectivity index (χ4n) is 1.86. The zero-order chi connectivity index (χ0) is 10.3. The van der Waals surface area contributed by atoms with E-state index >= 15 is 0 Å². The Labute approximate surface area is 84.7 Å². The highest BCUT2D eigenvalue weighted by Gasteiger charge is 2.22. The number of quaternary nitrogens is 1. The maximum atomic E-state index is 11.4. The monoisotopic (exact) mass is 190 g/mol. The van der Waals surface area contributed by atoms with Crippen molar-refractivity contribution in [1.29, 1.82) is 0 Å². The molecule has 0 N–H and O–H groups in total. The molecule has 0 aliphatic heterocycles. The normalized spacial score (nSPS) is 15.8. The average Bonchev–Trinajstić information content (AvgIpc) is 2.46. The van der Waals surface area contributed by atoms with Gasteiger partial charge in [-0.3, -0.25) is 9.28 Å². The maximum absolute atomic E-state index is 11.4. The Hall–Kier alpha value is -1.15. The molecule has 0 amide bonds. The first-order valence-electron chi connectivity index (χ1n) is 4.96. The summed E-state index contributed by atoms with van der Waals surface area (Å²) in [6.07, 6.45) is 1.61. The molecule has 0 aromatic heterocycles. The number of aryl methyl sites for hydroxylation is 1. The quantitative estimate of drug-likeness (QED) is 0.619. The molecule has 74 valence electrons. The van der Waals surface area contributed by atoms with Gasteiger partial charge in [0.1, 0.15) is 5.69 Å². The molecule has 0 saturated carbocycles. The average molecular weight is 190 g/mol. The predicted octanol–water partition coefficient (Wildman–Crippen LogP) is 2.01. The standard InChI is InChI=1S/C12H16NO/c1-13(2,3)10-5-6-11-9(8-10)4-7-12(11)14/h5-6,8H,4,7H2,1-3H3/q+1. The van der Waals surface area contributed by atoms with Crippen LogP contribution in [0.15, 0.2) is 18.2 Å². The zero-order valence-electron chi connectivity index (χ0n) is 9.00. The van der Waals surface area contributed by atoms with Crippen molar-refractivity contribution in [2.24, 2.45) is 0 Å². The molecule has 0 radical (unpaired) electrons. The second kappa shape index (κ2) is 2.92. The summed E-state index contributed by atoms with van der Waals surface area (Å²) in [5, 5.41) is 0. The van der Waals surface area contributed by atoms with Gasteiger partial charge >= 0.3 is 0 Å². The van der Waals surface area contributed by atoms with Crippen LogP contribution in [0.4, 0.5) is 5.69 Å². The van der Waals surface area contributed by atoms with Gasteiger partial charge in [0.2, 0.25) is 0 Å². The van der Waals surface area contributed by atoms with E-state index in [0.717, 1.165) is 16.5 Å². The SMILES string of the molecule is C[N+](C)(C)c1ccc2c(c1)CCC2=O. The Balaban J connectivity index is 2.47. The number of hydrogen-bond acceptors (Lipinski definition) is 1. The van der Waals surface area contributed by atoms with Crippen molar-refractivity contribution < 1.29 is 4.79 Å².